The molecule has 0 bridgehead atoms. The summed E-state index contributed by atoms with van der Waals surface area (Å²) >= 11 is 12.5. The summed E-state index contributed by atoms with van der Waals surface area (Å²) in [5.74, 6) is -0.629. The van der Waals surface area contributed by atoms with Crippen molar-refractivity contribution >= 4 is 46.8 Å². The van der Waals surface area contributed by atoms with Gasteiger partial charge in [-0.15, -0.1) is 0 Å². The lowest BCUT2D eigenvalue weighted by Crippen LogP contribution is -2.61. The fraction of sp³-hybridized carbons (Fsp3) is 0.300. The number of amides is 4. The minimum atomic E-state index is -1.09. The molecule has 0 radical (unpaired) electrons. The van der Waals surface area contributed by atoms with Crippen molar-refractivity contribution in [2.24, 2.45) is 5.73 Å². The molecule has 1 fully saturated rings. The van der Waals surface area contributed by atoms with E-state index in [1.807, 2.05) is 72.8 Å². The Kier molecular flexibility index (Phi) is 12.0. The predicted molar refractivity (Wildman–Crippen MR) is 198 cm³/mol. The number of hydrogen-bond acceptors (Lipinski definition) is 6. The van der Waals surface area contributed by atoms with Crippen LogP contribution in [0.2, 0.25) is 10.0 Å². The highest BCUT2D eigenvalue weighted by Gasteiger charge is 2.41. The third-order valence-corrected chi connectivity index (χ3v) is 10.1. The second kappa shape index (κ2) is 17.0. The number of hydrogen-bond donors (Lipinski definition) is 1. The molecule has 0 spiro atoms. The van der Waals surface area contributed by atoms with Crippen molar-refractivity contribution < 1.29 is 28.7 Å². The molecule has 1 atom stereocenters. The maximum Gasteiger partial charge on any atom is 0.246 e. The van der Waals surface area contributed by atoms with Gasteiger partial charge in [-0.2, -0.15) is 0 Å². The highest BCUT2D eigenvalue weighted by molar-refractivity contribution is 6.35. The van der Waals surface area contributed by atoms with E-state index in [1.54, 1.807) is 24.3 Å². The average Bonchev–Trinajstić information content (AvgIpc) is 3.63. The Labute approximate surface area is 313 Å². The first kappa shape index (κ1) is 36.7. The van der Waals surface area contributed by atoms with Crippen LogP contribution in [0.25, 0.3) is 0 Å². The molecule has 2 aliphatic rings. The molecule has 270 valence electrons. The van der Waals surface area contributed by atoms with E-state index in [-0.39, 0.29) is 63.7 Å². The summed E-state index contributed by atoms with van der Waals surface area (Å²) in [7, 11) is 0. The molecular weight excluding hydrogens is 703 g/mol. The van der Waals surface area contributed by atoms with Crippen molar-refractivity contribution in [3.8, 4) is 11.5 Å². The van der Waals surface area contributed by atoms with Crippen molar-refractivity contribution in [3.05, 3.63) is 129 Å². The molecule has 6 rings (SSSR count). The zero-order valence-corrected chi connectivity index (χ0v) is 30.1. The molecule has 52 heavy (non-hydrogen) atoms. The summed E-state index contributed by atoms with van der Waals surface area (Å²) < 4.78 is 11.1. The molecule has 12 heteroatoms. The van der Waals surface area contributed by atoms with Crippen LogP contribution in [0, 0.1) is 0 Å². The summed E-state index contributed by atoms with van der Waals surface area (Å²) in [6.45, 7) is 0.203. The van der Waals surface area contributed by atoms with E-state index in [0.29, 0.717) is 40.8 Å². The van der Waals surface area contributed by atoms with Crippen LogP contribution >= 0.6 is 23.2 Å². The van der Waals surface area contributed by atoms with Crippen LogP contribution in [0.5, 0.6) is 11.5 Å². The monoisotopic (exact) mass is 742 g/mol. The van der Waals surface area contributed by atoms with Crippen molar-refractivity contribution in [2.45, 2.75) is 37.6 Å². The van der Waals surface area contributed by atoms with Crippen LogP contribution in [0.15, 0.2) is 97.1 Å². The molecule has 10 nitrogen and oxygen atoms in total. The van der Waals surface area contributed by atoms with E-state index < -0.39 is 17.9 Å². The molecular formula is C40H40Cl2N4O6. The lowest BCUT2D eigenvalue weighted by atomic mass is 9.88. The van der Waals surface area contributed by atoms with E-state index >= 15 is 0 Å². The largest absolute Gasteiger partial charge is 0.454 e. The number of halogens is 2. The first-order valence-corrected chi connectivity index (χ1v) is 18.0. The molecule has 0 aliphatic carbocycles. The van der Waals surface area contributed by atoms with Crippen LogP contribution in [0.1, 0.15) is 41.0 Å². The average molecular weight is 744 g/mol. The van der Waals surface area contributed by atoms with E-state index in [0.717, 1.165) is 22.3 Å². The van der Waals surface area contributed by atoms with Crippen molar-refractivity contribution in [1.29, 1.82) is 0 Å². The van der Waals surface area contributed by atoms with E-state index in [2.05, 4.69) is 0 Å². The summed E-state index contributed by atoms with van der Waals surface area (Å²) in [5, 5.41) is 0.960. The van der Waals surface area contributed by atoms with Crippen LogP contribution in [0.3, 0.4) is 0 Å². The number of rotatable bonds is 15. The number of ether oxygens (including phenoxy) is 2. The van der Waals surface area contributed by atoms with Crippen LogP contribution in [-0.2, 0) is 32.0 Å². The first-order chi connectivity index (χ1) is 25.2. The first-order valence-electron chi connectivity index (χ1n) is 17.2. The lowest BCUT2D eigenvalue weighted by Gasteiger charge is -2.41. The number of piperazine rings is 1. The normalized spacial score (nSPS) is 15.3. The fourth-order valence-corrected chi connectivity index (χ4v) is 7.38. The fourth-order valence-electron chi connectivity index (χ4n) is 6.88. The van der Waals surface area contributed by atoms with Gasteiger partial charge in [0.15, 0.2) is 11.5 Å². The van der Waals surface area contributed by atoms with E-state index in [4.69, 9.17) is 38.4 Å². The Bertz CT molecular complexity index is 1870. The number of fused-ring (bicyclic) bond motifs is 1. The number of para-hydroxylation sites is 1. The minimum Gasteiger partial charge on any atom is -0.454 e. The van der Waals surface area contributed by atoms with Gasteiger partial charge < -0.3 is 29.9 Å². The van der Waals surface area contributed by atoms with Gasteiger partial charge in [0.1, 0.15) is 6.04 Å². The summed E-state index contributed by atoms with van der Waals surface area (Å²) in [6, 6.07) is 29.6. The Morgan fingerprint density at radius 2 is 1.56 bits per heavy atom. The number of primary amides is 1. The van der Waals surface area contributed by atoms with Gasteiger partial charge in [0.05, 0.1) is 19.5 Å². The van der Waals surface area contributed by atoms with Crippen LogP contribution < -0.4 is 15.2 Å². The van der Waals surface area contributed by atoms with Gasteiger partial charge in [0.2, 0.25) is 30.4 Å². The third kappa shape index (κ3) is 8.86. The third-order valence-electron chi connectivity index (χ3n) is 9.54. The molecule has 4 aromatic carbocycles. The van der Waals surface area contributed by atoms with Crippen molar-refractivity contribution in [3.63, 3.8) is 0 Å². The number of carbonyl (C=O) groups excluding carboxylic acids is 4. The number of benzene rings is 4. The Morgan fingerprint density at radius 1 is 0.846 bits per heavy atom. The molecule has 4 amide bonds. The molecule has 2 N–H and O–H groups in total. The highest BCUT2D eigenvalue weighted by atomic mass is 35.5. The molecule has 0 aromatic heterocycles. The Hall–Kier alpha value is -5.06. The second-order valence-electron chi connectivity index (χ2n) is 12.9. The van der Waals surface area contributed by atoms with Crippen molar-refractivity contribution in [1.82, 2.24) is 14.7 Å². The summed E-state index contributed by atoms with van der Waals surface area (Å²) in [5.41, 5.74) is 9.34. The van der Waals surface area contributed by atoms with Gasteiger partial charge in [-0.25, -0.2) is 0 Å². The molecule has 4 aromatic rings. The van der Waals surface area contributed by atoms with Gasteiger partial charge in [-0.3, -0.25) is 19.2 Å². The van der Waals surface area contributed by atoms with Gasteiger partial charge >= 0.3 is 0 Å². The zero-order valence-electron chi connectivity index (χ0n) is 28.6. The Morgan fingerprint density at radius 3 is 2.23 bits per heavy atom. The van der Waals surface area contributed by atoms with E-state index in [1.165, 1.54) is 14.7 Å². The smallest absolute Gasteiger partial charge is 0.246 e. The predicted octanol–water partition coefficient (Wildman–Crippen LogP) is 5.47. The summed E-state index contributed by atoms with van der Waals surface area (Å²) in [4.78, 5) is 58.9. The molecule has 2 heterocycles. The van der Waals surface area contributed by atoms with Crippen molar-refractivity contribution in [2.75, 3.05) is 39.5 Å². The van der Waals surface area contributed by atoms with Gasteiger partial charge in [-0.05, 0) is 59.7 Å². The van der Waals surface area contributed by atoms with Gasteiger partial charge in [-0.1, -0.05) is 102 Å². The molecule has 1 unspecified atom stereocenters. The Balaban J connectivity index is 1.24. The molecule has 1 saturated heterocycles. The maximum absolute atomic E-state index is 14.3. The number of nitrogens with zero attached hydrogens (tertiary/aromatic N) is 3. The lowest BCUT2D eigenvalue weighted by molar-refractivity contribution is -0.158. The molecule has 0 saturated carbocycles. The second-order valence-corrected chi connectivity index (χ2v) is 13.7. The van der Waals surface area contributed by atoms with E-state index in [9.17, 15) is 19.2 Å². The highest BCUT2D eigenvalue weighted by Crippen LogP contribution is 2.36. The zero-order chi connectivity index (χ0) is 36.6. The molecule has 2 aliphatic heterocycles. The number of carbonyl (C=O) groups is 4. The van der Waals surface area contributed by atoms with Gasteiger partial charge in [0, 0.05) is 35.6 Å². The number of nitrogens with two attached hydrogens (primary N) is 1. The summed E-state index contributed by atoms with van der Waals surface area (Å²) in [6.07, 6.45) is 0.950. The van der Waals surface area contributed by atoms with Gasteiger partial charge in [0.25, 0.3) is 0 Å². The van der Waals surface area contributed by atoms with Crippen LogP contribution in [0.4, 0.5) is 0 Å². The quantitative estimate of drug-likeness (QED) is 0.172. The maximum atomic E-state index is 14.3. The standard InChI is InChI=1S/C40H40Cl2N4O6/c41-31-15-14-29(33(42)22-31)16-20-45-25-38(49)46(21-18-32(27-8-3-1-4-9-27)28-10-5-2-6-11-28)34(40(45)50)23-37(48)44(24-36(43)47)19-17-30-12-7-13-35-39(30)52-26-51-35/h1-15,22,32,34H,16-21,23-26H2,(H2,43,47). The minimum absolute atomic E-state index is 0.0584. The topological polar surface area (TPSA) is 122 Å². The SMILES string of the molecule is NC(=O)CN(CCc1cccc2c1OCO2)C(=O)CC1C(=O)N(CCc2ccc(Cl)cc2Cl)CC(=O)N1CCC(c1ccccc1)c1ccccc1. The van der Waals surface area contributed by atoms with Crippen LogP contribution in [-0.4, -0.2) is 83.9 Å².